The molecule has 0 spiro atoms. The summed E-state index contributed by atoms with van der Waals surface area (Å²) in [5.41, 5.74) is 2.03. The van der Waals surface area contributed by atoms with Crippen LogP contribution >= 0.6 is 24.0 Å². The van der Waals surface area contributed by atoms with E-state index in [1.165, 1.54) is 0 Å². The summed E-state index contributed by atoms with van der Waals surface area (Å²) in [7, 11) is 0. The average Bonchev–Trinajstić information content (AvgIpc) is 2.64. The number of pyridine rings is 1. The van der Waals surface area contributed by atoms with Gasteiger partial charge in [-0.25, -0.2) is 0 Å². The highest BCUT2D eigenvalue weighted by atomic mass is 35.5. The normalized spacial score (nSPS) is 23.1. The van der Waals surface area contributed by atoms with Gasteiger partial charge in [-0.3, -0.25) is 9.59 Å². The molecule has 2 N–H and O–H groups in total. The number of piperidine rings is 1. The van der Waals surface area contributed by atoms with Crippen molar-refractivity contribution >= 4 is 29.9 Å². The summed E-state index contributed by atoms with van der Waals surface area (Å²) in [6.45, 7) is 2.27. The van der Waals surface area contributed by atoms with Crippen LogP contribution in [-0.4, -0.2) is 30.1 Å². The average molecular weight is 408 g/mol. The van der Waals surface area contributed by atoms with Crippen LogP contribution in [0.4, 0.5) is 0 Å². The Labute approximate surface area is 169 Å². The zero-order chi connectivity index (χ0) is 18.1. The second-order valence-corrected chi connectivity index (χ2v) is 7.62. The van der Waals surface area contributed by atoms with Crippen molar-refractivity contribution in [2.75, 3.05) is 19.6 Å². The van der Waals surface area contributed by atoms with Crippen LogP contribution in [0, 0.1) is 5.92 Å². The first kappa shape index (κ1) is 19.9. The molecule has 1 fully saturated rings. The smallest absolute Gasteiger partial charge is 0.251 e. The zero-order valence-corrected chi connectivity index (χ0v) is 16.4. The largest absolute Gasteiger partial charge is 0.354 e. The lowest BCUT2D eigenvalue weighted by Gasteiger charge is -2.43. The molecule has 0 radical (unpaired) electrons. The lowest BCUT2D eigenvalue weighted by Crippen LogP contribution is -2.50. The number of aromatic nitrogens is 1. The van der Waals surface area contributed by atoms with Gasteiger partial charge in [0, 0.05) is 42.3 Å². The molecule has 144 valence electrons. The number of hydrogen-bond acceptors (Lipinski definition) is 3. The van der Waals surface area contributed by atoms with Crippen molar-refractivity contribution in [1.29, 1.82) is 0 Å². The summed E-state index contributed by atoms with van der Waals surface area (Å²) in [4.78, 5) is 24.9. The number of carbonyl (C=O) groups excluding carboxylic acids is 1. The van der Waals surface area contributed by atoms with E-state index in [1.54, 1.807) is 18.2 Å². The summed E-state index contributed by atoms with van der Waals surface area (Å²) >= 11 is 5.88. The standard InChI is InChI=1S/C20H22ClN3O2.ClH/c21-16-6-4-13(5-7-16)8-19(25)23-12-18-15-9-14(10-22-11-15)17-2-1-3-20(26)24(17)18;/h1-7,14-15,18,22H,8-12H2,(H,23,25);1H/t14-,15+,18+;/m1./s1. The maximum Gasteiger partial charge on any atom is 0.251 e. The first-order chi connectivity index (χ1) is 12.6. The Morgan fingerprint density at radius 3 is 2.74 bits per heavy atom. The van der Waals surface area contributed by atoms with Gasteiger partial charge in [0.15, 0.2) is 0 Å². The molecule has 2 aromatic rings. The Bertz CT molecular complexity index is 866. The second kappa shape index (κ2) is 8.46. The van der Waals surface area contributed by atoms with Gasteiger partial charge >= 0.3 is 0 Å². The van der Waals surface area contributed by atoms with E-state index in [-0.39, 0.29) is 29.9 Å². The fraction of sp³-hybridized carbons (Fsp3) is 0.400. The van der Waals surface area contributed by atoms with Crippen molar-refractivity contribution in [3.63, 3.8) is 0 Å². The topological polar surface area (TPSA) is 63.1 Å². The van der Waals surface area contributed by atoms with Crippen molar-refractivity contribution < 1.29 is 4.79 Å². The highest BCUT2D eigenvalue weighted by Crippen LogP contribution is 2.38. The number of amides is 1. The number of benzene rings is 1. The van der Waals surface area contributed by atoms with Crippen molar-refractivity contribution in [1.82, 2.24) is 15.2 Å². The molecule has 7 heteroatoms. The molecule has 3 atom stereocenters. The van der Waals surface area contributed by atoms with Gasteiger partial charge in [0.2, 0.25) is 5.91 Å². The Kier molecular flexibility index (Phi) is 6.25. The van der Waals surface area contributed by atoms with Crippen LogP contribution < -0.4 is 16.2 Å². The summed E-state index contributed by atoms with van der Waals surface area (Å²) in [5.74, 6) is 0.699. The second-order valence-electron chi connectivity index (χ2n) is 7.18. The quantitative estimate of drug-likeness (QED) is 0.818. The van der Waals surface area contributed by atoms with E-state index >= 15 is 0 Å². The Balaban J connectivity index is 0.00000210. The fourth-order valence-electron chi connectivity index (χ4n) is 4.24. The van der Waals surface area contributed by atoms with Gasteiger partial charge in [0.25, 0.3) is 5.56 Å². The van der Waals surface area contributed by atoms with E-state index in [0.29, 0.717) is 29.8 Å². The van der Waals surface area contributed by atoms with Crippen LogP contribution in [0.15, 0.2) is 47.3 Å². The lowest BCUT2D eigenvalue weighted by molar-refractivity contribution is -0.120. The molecule has 27 heavy (non-hydrogen) atoms. The zero-order valence-electron chi connectivity index (χ0n) is 14.9. The predicted molar refractivity (Wildman–Crippen MR) is 109 cm³/mol. The fourth-order valence-corrected chi connectivity index (χ4v) is 4.36. The molecule has 1 aromatic carbocycles. The number of hydrogen-bond donors (Lipinski definition) is 2. The van der Waals surface area contributed by atoms with E-state index < -0.39 is 0 Å². The molecular formula is C20H23Cl2N3O2. The summed E-state index contributed by atoms with van der Waals surface area (Å²) in [6.07, 6.45) is 1.38. The number of nitrogens with zero attached hydrogens (tertiary/aromatic N) is 1. The monoisotopic (exact) mass is 407 g/mol. The molecule has 0 saturated carbocycles. The number of halogens is 2. The van der Waals surface area contributed by atoms with Crippen LogP contribution in [-0.2, 0) is 11.2 Å². The van der Waals surface area contributed by atoms with E-state index in [4.69, 9.17) is 11.6 Å². The first-order valence-electron chi connectivity index (χ1n) is 9.05. The molecule has 2 aliphatic rings. The van der Waals surface area contributed by atoms with Gasteiger partial charge in [0.05, 0.1) is 12.5 Å². The molecular weight excluding hydrogens is 385 g/mol. The third-order valence-electron chi connectivity index (χ3n) is 5.49. The minimum Gasteiger partial charge on any atom is -0.354 e. The Morgan fingerprint density at radius 1 is 1.19 bits per heavy atom. The van der Waals surface area contributed by atoms with Crippen molar-refractivity contribution in [2.24, 2.45) is 5.92 Å². The van der Waals surface area contributed by atoms with Crippen molar-refractivity contribution in [3.05, 3.63) is 69.1 Å². The number of carbonyl (C=O) groups is 1. The molecule has 0 unspecified atom stereocenters. The number of fused-ring (bicyclic) bond motifs is 4. The van der Waals surface area contributed by atoms with Crippen LogP contribution in [0.1, 0.15) is 29.6 Å². The molecule has 3 heterocycles. The van der Waals surface area contributed by atoms with E-state index in [2.05, 4.69) is 10.6 Å². The molecule has 1 amide bonds. The number of nitrogens with one attached hydrogen (secondary N) is 2. The SMILES string of the molecule is Cl.O=C(Cc1ccc(Cl)cc1)NC[C@H]1[C@@H]2CNC[C@@H](C2)c2cccc(=O)n21. The highest BCUT2D eigenvalue weighted by molar-refractivity contribution is 6.30. The third kappa shape index (κ3) is 4.21. The summed E-state index contributed by atoms with van der Waals surface area (Å²) in [5, 5.41) is 7.16. The molecule has 0 aliphatic carbocycles. The van der Waals surface area contributed by atoms with E-state index in [1.807, 2.05) is 28.8 Å². The van der Waals surface area contributed by atoms with Crippen LogP contribution in [0.2, 0.25) is 5.02 Å². The molecule has 4 rings (SSSR count). The summed E-state index contributed by atoms with van der Waals surface area (Å²) in [6, 6.07) is 12.8. The predicted octanol–water partition coefficient (Wildman–Crippen LogP) is 2.53. The summed E-state index contributed by atoms with van der Waals surface area (Å²) < 4.78 is 1.91. The molecule has 1 aromatic heterocycles. The third-order valence-corrected chi connectivity index (χ3v) is 5.74. The van der Waals surface area contributed by atoms with Gasteiger partial charge in [-0.1, -0.05) is 29.8 Å². The van der Waals surface area contributed by atoms with E-state index in [9.17, 15) is 9.59 Å². The van der Waals surface area contributed by atoms with Crippen molar-refractivity contribution in [2.45, 2.75) is 24.8 Å². The van der Waals surface area contributed by atoms with Crippen LogP contribution in [0.3, 0.4) is 0 Å². The first-order valence-corrected chi connectivity index (χ1v) is 9.43. The Morgan fingerprint density at radius 2 is 1.96 bits per heavy atom. The van der Waals surface area contributed by atoms with Gasteiger partial charge in [-0.2, -0.15) is 0 Å². The maximum atomic E-state index is 12.5. The highest BCUT2D eigenvalue weighted by Gasteiger charge is 2.37. The molecule has 2 bridgehead atoms. The molecule has 2 aliphatic heterocycles. The van der Waals surface area contributed by atoms with Crippen LogP contribution in [0.25, 0.3) is 0 Å². The van der Waals surface area contributed by atoms with Gasteiger partial charge in [-0.05, 0) is 36.1 Å². The van der Waals surface area contributed by atoms with Gasteiger partial charge < -0.3 is 15.2 Å². The van der Waals surface area contributed by atoms with Crippen molar-refractivity contribution in [3.8, 4) is 0 Å². The molecule has 5 nitrogen and oxygen atoms in total. The lowest BCUT2D eigenvalue weighted by atomic mass is 9.79. The van der Waals surface area contributed by atoms with Gasteiger partial charge in [0.1, 0.15) is 0 Å². The Hall–Kier alpha value is -1.82. The minimum atomic E-state index is -0.0382. The maximum absolute atomic E-state index is 12.5. The van der Waals surface area contributed by atoms with E-state index in [0.717, 1.165) is 30.8 Å². The van der Waals surface area contributed by atoms with Gasteiger partial charge in [-0.15, -0.1) is 12.4 Å². The minimum absolute atomic E-state index is 0. The number of rotatable bonds is 4. The van der Waals surface area contributed by atoms with Crippen LogP contribution in [0.5, 0.6) is 0 Å². The molecule has 1 saturated heterocycles.